The van der Waals surface area contributed by atoms with E-state index < -0.39 is 15.6 Å². The van der Waals surface area contributed by atoms with E-state index >= 15 is 0 Å². The van der Waals surface area contributed by atoms with Crippen molar-refractivity contribution in [1.82, 2.24) is 14.3 Å². The van der Waals surface area contributed by atoms with Crippen molar-refractivity contribution < 1.29 is 17.9 Å². The van der Waals surface area contributed by atoms with Crippen molar-refractivity contribution in [3.63, 3.8) is 0 Å². The Hall–Kier alpha value is -2.16. The number of benzene rings is 1. The zero-order valence-corrected chi connectivity index (χ0v) is 16.0. The highest BCUT2D eigenvalue weighted by atomic mass is 32.2. The Kier molecular flexibility index (Phi) is 4.68. The maximum atomic E-state index is 12.5. The number of hydrogen-bond acceptors (Lipinski definition) is 5. The number of imidazole rings is 1. The van der Waals surface area contributed by atoms with Crippen LogP contribution >= 0.6 is 0 Å². The summed E-state index contributed by atoms with van der Waals surface area (Å²) in [4.78, 5) is 4.20. The first kappa shape index (κ1) is 18.6. The highest BCUT2D eigenvalue weighted by Crippen LogP contribution is 2.28. The fraction of sp³-hybridized carbons (Fsp3) is 0.389. The van der Waals surface area contributed by atoms with Crippen LogP contribution in [0.1, 0.15) is 38.3 Å². The predicted molar refractivity (Wildman–Crippen MR) is 98.3 cm³/mol. The van der Waals surface area contributed by atoms with Gasteiger partial charge in [0.15, 0.2) is 5.03 Å². The zero-order chi connectivity index (χ0) is 19.1. The Morgan fingerprint density at radius 3 is 2.65 bits per heavy atom. The summed E-state index contributed by atoms with van der Waals surface area (Å²) in [5.41, 5.74) is -0.862. The largest absolute Gasteiger partial charge is 0.458 e. The van der Waals surface area contributed by atoms with E-state index in [1.54, 1.807) is 23.7 Å². The molecule has 0 saturated carbocycles. The third-order valence-electron chi connectivity index (χ3n) is 4.24. The summed E-state index contributed by atoms with van der Waals surface area (Å²) in [6.45, 7) is 5.16. The Balaban J connectivity index is 1.80. The van der Waals surface area contributed by atoms with Crippen LogP contribution in [-0.4, -0.2) is 29.6 Å². The normalized spacial score (nSPS) is 14.8. The van der Waals surface area contributed by atoms with Crippen LogP contribution in [0.4, 0.5) is 0 Å². The van der Waals surface area contributed by atoms with Gasteiger partial charge in [0, 0.05) is 31.1 Å². The first-order valence-electron chi connectivity index (χ1n) is 8.34. The van der Waals surface area contributed by atoms with Crippen molar-refractivity contribution in [2.75, 3.05) is 6.54 Å². The van der Waals surface area contributed by atoms with E-state index in [1.165, 1.54) is 13.1 Å². The van der Waals surface area contributed by atoms with E-state index in [2.05, 4.69) is 9.71 Å². The number of aryl methyl sites for hydroxylation is 1. The van der Waals surface area contributed by atoms with Gasteiger partial charge in [-0.2, -0.15) is 0 Å². The number of nitrogens with one attached hydrogen (secondary N) is 1. The van der Waals surface area contributed by atoms with E-state index in [9.17, 15) is 13.5 Å². The molecule has 8 heteroatoms. The first-order valence-corrected chi connectivity index (χ1v) is 9.83. The lowest BCUT2D eigenvalue weighted by molar-refractivity contribution is 0.0411. The molecule has 26 heavy (non-hydrogen) atoms. The van der Waals surface area contributed by atoms with Crippen LogP contribution < -0.4 is 4.72 Å². The molecular formula is C18H23N3O4S. The van der Waals surface area contributed by atoms with Gasteiger partial charge in [-0.3, -0.25) is 0 Å². The molecule has 7 nitrogen and oxygen atoms in total. The van der Waals surface area contributed by atoms with Gasteiger partial charge in [0.25, 0.3) is 10.0 Å². The second-order valence-electron chi connectivity index (χ2n) is 6.95. The first-order chi connectivity index (χ1) is 12.1. The number of nitrogens with zero attached hydrogens (tertiary/aromatic N) is 2. The van der Waals surface area contributed by atoms with Crippen LogP contribution in [0.25, 0.3) is 11.0 Å². The van der Waals surface area contributed by atoms with Crippen molar-refractivity contribution in [2.24, 2.45) is 7.05 Å². The summed E-state index contributed by atoms with van der Waals surface area (Å²) in [5, 5.41) is 11.5. The van der Waals surface area contributed by atoms with Crippen molar-refractivity contribution in [2.45, 2.75) is 37.3 Å². The van der Waals surface area contributed by atoms with E-state index in [4.69, 9.17) is 4.42 Å². The molecule has 1 atom stereocenters. The highest BCUT2D eigenvalue weighted by molar-refractivity contribution is 7.89. The summed E-state index contributed by atoms with van der Waals surface area (Å²) < 4.78 is 34.9. The van der Waals surface area contributed by atoms with Crippen LogP contribution in [0, 0.1) is 0 Å². The zero-order valence-electron chi connectivity index (χ0n) is 15.2. The predicted octanol–water partition coefficient (Wildman–Crippen LogP) is 2.48. The quantitative estimate of drug-likeness (QED) is 0.688. The molecule has 1 unspecified atom stereocenters. The molecule has 0 aliphatic heterocycles. The Morgan fingerprint density at radius 1 is 1.35 bits per heavy atom. The van der Waals surface area contributed by atoms with Crippen LogP contribution in [0.15, 0.2) is 46.0 Å². The topological polar surface area (TPSA) is 97.4 Å². The van der Waals surface area contributed by atoms with Crippen LogP contribution in [0.2, 0.25) is 0 Å². The number of fused-ring (bicyclic) bond motifs is 1. The molecule has 0 radical (unpaired) electrons. The smallest absolute Gasteiger partial charge is 0.259 e. The van der Waals surface area contributed by atoms with Crippen molar-refractivity contribution >= 4 is 21.0 Å². The molecule has 0 aliphatic rings. The summed E-state index contributed by atoms with van der Waals surface area (Å²) >= 11 is 0. The van der Waals surface area contributed by atoms with E-state index in [0.717, 1.165) is 5.39 Å². The van der Waals surface area contributed by atoms with Crippen molar-refractivity contribution in [3.8, 4) is 0 Å². The standard InChI is InChI=1S/C18H23N3O4S/c1-12(2)17-20-16(10-21(17)4)26(23,24)19-11-18(3,22)15-9-13-7-5-6-8-14(13)25-15/h5-10,12,19,22H,11H2,1-4H3. The molecular weight excluding hydrogens is 354 g/mol. The fourth-order valence-electron chi connectivity index (χ4n) is 2.76. The molecule has 3 rings (SSSR count). The molecule has 3 aromatic rings. The van der Waals surface area contributed by atoms with E-state index in [1.807, 2.05) is 32.0 Å². The second kappa shape index (κ2) is 6.53. The number of furan rings is 1. The van der Waals surface area contributed by atoms with Crippen LogP contribution in [0.3, 0.4) is 0 Å². The second-order valence-corrected chi connectivity index (χ2v) is 8.66. The SMILES string of the molecule is CC(C)c1nc(S(=O)(=O)NCC(C)(O)c2cc3ccccc3o2)cn1C. The number of rotatable bonds is 6. The Morgan fingerprint density at radius 2 is 2.04 bits per heavy atom. The molecule has 0 saturated heterocycles. The fourth-order valence-corrected chi connectivity index (χ4v) is 3.89. The lowest BCUT2D eigenvalue weighted by Gasteiger charge is -2.20. The molecule has 0 amide bonds. The van der Waals surface area contributed by atoms with Gasteiger partial charge < -0.3 is 14.1 Å². The maximum absolute atomic E-state index is 12.5. The summed E-state index contributed by atoms with van der Waals surface area (Å²) in [7, 11) is -2.09. The average Bonchev–Trinajstić information content (AvgIpc) is 3.17. The minimum Gasteiger partial charge on any atom is -0.458 e. The van der Waals surface area contributed by atoms with Gasteiger partial charge in [0.05, 0.1) is 0 Å². The molecule has 2 N–H and O–H groups in total. The number of aromatic nitrogens is 2. The van der Waals surface area contributed by atoms with Gasteiger partial charge in [0.2, 0.25) is 0 Å². The van der Waals surface area contributed by atoms with Crippen molar-refractivity contribution in [1.29, 1.82) is 0 Å². The van der Waals surface area contributed by atoms with Gasteiger partial charge in [-0.1, -0.05) is 32.0 Å². The van der Waals surface area contributed by atoms with Crippen molar-refractivity contribution in [3.05, 3.63) is 48.1 Å². The lowest BCUT2D eigenvalue weighted by Crippen LogP contribution is -2.38. The van der Waals surface area contributed by atoms with Crippen LogP contribution in [-0.2, 0) is 22.7 Å². The third kappa shape index (κ3) is 3.53. The molecule has 1 aromatic carbocycles. The van der Waals surface area contributed by atoms with Gasteiger partial charge in [-0.05, 0) is 19.1 Å². The average molecular weight is 377 g/mol. The molecule has 2 heterocycles. The minimum absolute atomic E-state index is 0.0656. The van der Waals surface area contributed by atoms with Gasteiger partial charge in [-0.25, -0.2) is 18.1 Å². The van der Waals surface area contributed by atoms with E-state index in [0.29, 0.717) is 17.2 Å². The number of aliphatic hydroxyl groups is 1. The highest BCUT2D eigenvalue weighted by Gasteiger charge is 2.31. The third-order valence-corrected chi connectivity index (χ3v) is 5.52. The summed E-state index contributed by atoms with van der Waals surface area (Å²) in [6, 6.07) is 9.07. The van der Waals surface area contributed by atoms with Gasteiger partial charge in [-0.15, -0.1) is 0 Å². The van der Waals surface area contributed by atoms with Gasteiger partial charge in [0.1, 0.15) is 22.8 Å². The number of para-hydroxylation sites is 1. The molecule has 0 fully saturated rings. The molecule has 0 bridgehead atoms. The lowest BCUT2D eigenvalue weighted by atomic mass is 10.0. The van der Waals surface area contributed by atoms with Crippen LogP contribution in [0.5, 0.6) is 0 Å². The maximum Gasteiger partial charge on any atom is 0.259 e. The van der Waals surface area contributed by atoms with Gasteiger partial charge >= 0.3 is 0 Å². The number of sulfonamides is 1. The molecule has 2 aromatic heterocycles. The monoisotopic (exact) mass is 377 g/mol. The number of hydrogen-bond donors (Lipinski definition) is 2. The molecule has 0 spiro atoms. The minimum atomic E-state index is -3.85. The summed E-state index contributed by atoms with van der Waals surface area (Å²) in [5.74, 6) is 1.07. The summed E-state index contributed by atoms with van der Waals surface area (Å²) in [6.07, 6.45) is 1.47. The Labute approximate surface area is 152 Å². The Bertz CT molecular complexity index is 999. The molecule has 140 valence electrons. The molecule has 0 aliphatic carbocycles. The van der Waals surface area contributed by atoms with E-state index in [-0.39, 0.29) is 17.5 Å².